The standard InChI is InChI=1S/C25H22FN5O5/c1-25(26)19(17-12-28-22-21(27)29-14-30-31(17)22)35-18(13-34-23(32)15-8-4-2-5-9-15)20(25)36-24(33)16-10-6-3-7-11-16/h2-12,14,18-20H,13H2,1H3,(H2,27,29,30)/t18-,19?,20-,25+/m1/s1. The molecule has 36 heavy (non-hydrogen) atoms. The molecule has 0 radical (unpaired) electrons. The lowest BCUT2D eigenvalue weighted by atomic mass is 9.93. The molecule has 0 spiro atoms. The van der Waals surface area contributed by atoms with Crippen molar-refractivity contribution in [3.05, 3.63) is 90.0 Å². The molecular weight excluding hydrogens is 469 g/mol. The summed E-state index contributed by atoms with van der Waals surface area (Å²) < 4.78 is 34.8. The van der Waals surface area contributed by atoms with E-state index in [0.717, 1.165) is 0 Å². The van der Waals surface area contributed by atoms with Crippen molar-refractivity contribution in [1.82, 2.24) is 19.6 Å². The maximum Gasteiger partial charge on any atom is 0.338 e. The summed E-state index contributed by atoms with van der Waals surface area (Å²) >= 11 is 0. The highest BCUT2D eigenvalue weighted by Gasteiger charge is 2.59. The van der Waals surface area contributed by atoms with Crippen molar-refractivity contribution in [3.63, 3.8) is 0 Å². The predicted molar refractivity (Wildman–Crippen MR) is 125 cm³/mol. The van der Waals surface area contributed by atoms with Crippen molar-refractivity contribution in [3.8, 4) is 0 Å². The molecule has 1 aliphatic heterocycles. The third-order valence-electron chi connectivity index (χ3n) is 5.98. The fraction of sp³-hybridized carbons (Fsp3) is 0.240. The van der Waals surface area contributed by atoms with Gasteiger partial charge in [-0.15, -0.1) is 0 Å². The van der Waals surface area contributed by atoms with E-state index in [4.69, 9.17) is 19.9 Å². The third-order valence-corrected chi connectivity index (χ3v) is 5.98. The average molecular weight is 491 g/mol. The predicted octanol–water partition coefficient (Wildman–Crippen LogP) is 2.96. The van der Waals surface area contributed by atoms with Gasteiger partial charge in [0.1, 0.15) is 25.1 Å². The molecule has 3 heterocycles. The Morgan fingerprint density at radius 2 is 1.69 bits per heavy atom. The number of nitrogens with zero attached hydrogens (tertiary/aromatic N) is 4. The van der Waals surface area contributed by atoms with Crippen LogP contribution in [0, 0.1) is 0 Å². The summed E-state index contributed by atoms with van der Waals surface area (Å²) in [5.74, 6) is -1.25. The summed E-state index contributed by atoms with van der Waals surface area (Å²) in [4.78, 5) is 33.4. The molecule has 0 aliphatic carbocycles. The van der Waals surface area contributed by atoms with E-state index in [2.05, 4.69) is 15.1 Å². The molecule has 1 fully saturated rings. The Morgan fingerprint density at radius 3 is 2.36 bits per heavy atom. The van der Waals surface area contributed by atoms with Crippen molar-refractivity contribution >= 4 is 23.4 Å². The van der Waals surface area contributed by atoms with Gasteiger partial charge in [0, 0.05) is 0 Å². The number of nitrogen functional groups attached to an aromatic ring is 1. The molecule has 1 aliphatic rings. The van der Waals surface area contributed by atoms with Crippen LogP contribution >= 0.6 is 0 Å². The summed E-state index contributed by atoms with van der Waals surface area (Å²) in [6.07, 6.45) is -1.21. The van der Waals surface area contributed by atoms with Crippen LogP contribution in [0.4, 0.5) is 10.2 Å². The minimum absolute atomic E-state index is 0.107. The van der Waals surface area contributed by atoms with Crippen LogP contribution in [0.3, 0.4) is 0 Å². The van der Waals surface area contributed by atoms with Gasteiger partial charge in [-0.25, -0.2) is 28.5 Å². The summed E-state index contributed by atoms with van der Waals surface area (Å²) in [6, 6.07) is 16.5. The SMILES string of the molecule is C[C@]1(F)C(c2cnc3c(N)ncnn23)O[C@H](COC(=O)c2ccccc2)[C@H]1OC(=O)c1ccccc1. The van der Waals surface area contributed by atoms with Crippen LogP contribution in [-0.4, -0.2) is 56.0 Å². The number of anilines is 1. The van der Waals surface area contributed by atoms with Gasteiger partial charge in [-0.05, 0) is 31.2 Å². The van der Waals surface area contributed by atoms with Crippen molar-refractivity contribution in [2.45, 2.75) is 30.9 Å². The van der Waals surface area contributed by atoms with Gasteiger partial charge in [-0.2, -0.15) is 5.10 Å². The summed E-state index contributed by atoms with van der Waals surface area (Å²) in [7, 11) is 0. The number of carbonyl (C=O) groups is 2. The molecule has 4 aromatic rings. The van der Waals surface area contributed by atoms with Gasteiger partial charge in [-0.3, -0.25) is 0 Å². The highest BCUT2D eigenvalue weighted by atomic mass is 19.1. The number of alkyl halides is 1. The second-order valence-corrected chi connectivity index (χ2v) is 8.43. The normalized spacial score (nSPS) is 23.4. The maximum absolute atomic E-state index is 16.4. The van der Waals surface area contributed by atoms with E-state index in [1.165, 1.54) is 24.0 Å². The number of fused-ring (bicyclic) bond motifs is 1. The van der Waals surface area contributed by atoms with Crippen LogP contribution in [0.5, 0.6) is 0 Å². The number of hydrogen-bond acceptors (Lipinski definition) is 9. The van der Waals surface area contributed by atoms with Crippen LogP contribution < -0.4 is 5.73 Å². The Morgan fingerprint density at radius 1 is 1.06 bits per heavy atom. The molecule has 4 atom stereocenters. The van der Waals surface area contributed by atoms with Crippen LogP contribution in [0.2, 0.25) is 0 Å². The van der Waals surface area contributed by atoms with Gasteiger partial charge in [-0.1, -0.05) is 36.4 Å². The molecule has 11 heteroatoms. The number of hydrogen-bond donors (Lipinski definition) is 1. The topological polar surface area (TPSA) is 131 Å². The molecule has 5 rings (SSSR count). The minimum Gasteiger partial charge on any atom is -0.459 e. The first-order valence-corrected chi connectivity index (χ1v) is 11.1. The molecule has 2 aromatic carbocycles. The number of carbonyl (C=O) groups excluding carboxylic acids is 2. The summed E-state index contributed by atoms with van der Waals surface area (Å²) in [6.45, 7) is 0.897. The van der Waals surface area contributed by atoms with Crippen molar-refractivity contribution in [2.75, 3.05) is 12.3 Å². The molecule has 1 unspecified atom stereocenters. The Balaban J connectivity index is 1.45. The number of aromatic nitrogens is 4. The zero-order chi connectivity index (χ0) is 25.3. The van der Waals surface area contributed by atoms with Crippen molar-refractivity contribution in [1.29, 1.82) is 0 Å². The van der Waals surface area contributed by atoms with E-state index in [1.807, 2.05) is 0 Å². The van der Waals surface area contributed by atoms with Crippen LogP contribution in [-0.2, 0) is 14.2 Å². The Bertz CT molecular complexity index is 1400. The smallest absolute Gasteiger partial charge is 0.338 e. The molecule has 0 saturated carbocycles. The fourth-order valence-corrected chi connectivity index (χ4v) is 4.17. The van der Waals surface area contributed by atoms with Crippen LogP contribution in [0.15, 0.2) is 73.2 Å². The maximum atomic E-state index is 16.4. The van der Waals surface area contributed by atoms with Gasteiger partial charge in [0.15, 0.2) is 23.2 Å². The number of nitrogens with two attached hydrogens (primary N) is 1. The molecule has 184 valence electrons. The quantitative estimate of drug-likeness (QED) is 0.404. The number of ether oxygens (including phenoxy) is 3. The lowest BCUT2D eigenvalue weighted by molar-refractivity contribution is -0.0449. The first kappa shape index (κ1) is 23.4. The largest absolute Gasteiger partial charge is 0.459 e. The van der Waals surface area contributed by atoms with E-state index >= 15 is 4.39 Å². The molecule has 1 saturated heterocycles. The van der Waals surface area contributed by atoms with E-state index in [-0.39, 0.29) is 29.3 Å². The molecule has 10 nitrogen and oxygen atoms in total. The zero-order valence-electron chi connectivity index (χ0n) is 19.2. The second kappa shape index (κ2) is 9.34. The molecule has 0 bridgehead atoms. The van der Waals surface area contributed by atoms with Crippen LogP contribution in [0.1, 0.15) is 39.4 Å². The van der Waals surface area contributed by atoms with E-state index in [0.29, 0.717) is 5.56 Å². The van der Waals surface area contributed by atoms with Crippen LogP contribution in [0.25, 0.3) is 5.65 Å². The van der Waals surface area contributed by atoms with Crippen molar-refractivity contribution < 1.29 is 28.2 Å². The Kier molecular flexibility index (Phi) is 6.06. The molecule has 2 aromatic heterocycles. The van der Waals surface area contributed by atoms with Gasteiger partial charge < -0.3 is 19.9 Å². The lowest BCUT2D eigenvalue weighted by Crippen LogP contribution is -2.43. The van der Waals surface area contributed by atoms with Gasteiger partial charge in [0.05, 0.1) is 23.0 Å². The highest BCUT2D eigenvalue weighted by molar-refractivity contribution is 5.90. The van der Waals surface area contributed by atoms with Gasteiger partial charge in [0.25, 0.3) is 0 Å². The lowest BCUT2D eigenvalue weighted by Gasteiger charge is -2.27. The van der Waals surface area contributed by atoms with E-state index in [1.54, 1.807) is 60.7 Å². The molecule has 2 N–H and O–H groups in total. The molecular formula is C25H22FN5O5. The monoisotopic (exact) mass is 491 g/mol. The Labute approximate surface area is 204 Å². The average Bonchev–Trinajstić information content (AvgIpc) is 3.42. The minimum atomic E-state index is -2.25. The highest BCUT2D eigenvalue weighted by Crippen LogP contribution is 2.46. The number of rotatable bonds is 6. The summed E-state index contributed by atoms with van der Waals surface area (Å²) in [5.41, 5.74) is 4.64. The van der Waals surface area contributed by atoms with E-state index in [9.17, 15) is 9.59 Å². The first-order valence-electron chi connectivity index (χ1n) is 11.1. The molecule has 0 amide bonds. The van der Waals surface area contributed by atoms with Crippen molar-refractivity contribution in [2.24, 2.45) is 0 Å². The van der Waals surface area contributed by atoms with Gasteiger partial charge >= 0.3 is 11.9 Å². The Hall–Kier alpha value is -4.38. The second-order valence-electron chi connectivity index (χ2n) is 8.43. The fourth-order valence-electron chi connectivity index (χ4n) is 4.17. The number of esters is 2. The zero-order valence-corrected chi connectivity index (χ0v) is 19.2. The number of imidazole rings is 1. The number of benzene rings is 2. The first-order chi connectivity index (χ1) is 17.4. The summed E-state index contributed by atoms with van der Waals surface area (Å²) in [5, 5.41) is 4.11. The van der Waals surface area contributed by atoms with Gasteiger partial charge in [0.2, 0.25) is 0 Å². The third kappa shape index (κ3) is 4.24. The number of halogens is 1. The van der Waals surface area contributed by atoms with E-state index < -0.39 is 35.9 Å².